The van der Waals surface area contributed by atoms with Crippen molar-refractivity contribution in [1.82, 2.24) is 9.55 Å². The molecule has 0 aliphatic carbocycles. The van der Waals surface area contributed by atoms with Crippen LogP contribution >= 0.6 is 0 Å². The summed E-state index contributed by atoms with van der Waals surface area (Å²) in [5.41, 5.74) is 4.68. The first-order chi connectivity index (χ1) is 8.99. The predicted octanol–water partition coefficient (Wildman–Crippen LogP) is -1.60. The van der Waals surface area contributed by atoms with E-state index in [0.29, 0.717) is 0 Å². The summed E-state index contributed by atoms with van der Waals surface area (Å²) in [6, 6.07) is 0. The van der Waals surface area contributed by atoms with Crippen molar-refractivity contribution in [3.8, 4) is 12.3 Å². The second kappa shape index (κ2) is 4.97. The Bertz CT molecular complexity index is 582. The van der Waals surface area contributed by atoms with Gasteiger partial charge in [0.15, 0.2) is 12.4 Å². The van der Waals surface area contributed by atoms with Gasteiger partial charge in [0.05, 0.1) is 12.2 Å². The third-order valence-electron chi connectivity index (χ3n) is 2.88. The number of nitrogens with zero attached hydrogens (tertiary/aromatic N) is 2. The third-order valence-corrected chi connectivity index (χ3v) is 2.88. The molecule has 1 fully saturated rings. The van der Waals surface area contributed by atoms with Crippen molar-refractivity contribution in [1.29, 1.82) is 0 Å². The minimum Gasteiger partial charge on any atom is -0.394 e. The molecule has 1 aliphatic rings. The van der Waals surface area contributed by atoms with Crippen molar-refractivity contribution in [3.05, 3.63) is 22.2 Å². The number of nitrogens with two attached hydrogens (primary N) is 1. The fraction of sp³-hybridized carbons (Fsp3) is 0.455. The summed E-state index contributed by atoms with van der Waals surface area (Å²) in [5.74, 6) is 2.06. The lowest BCUT2D eigenvalue weighted by atomic mass is 10.1. The summed E-state index contributed by atoms with van der Waals surface area (Å²) in [5, 5.41) is 18.4. The smallest absolute Gasteiger partial charge is 0.351 e. The Morgan fingerprint density at radius 3 is 2.89 bits per heavy atom. The van der Waals surface area contributed by atoms with Gasteiger partial charge in [0.25, 0.3) is 0 Å². The molecule has 1 aromatic heterocycles. The predicted molar refractivity (Wildman–Crippen MR) is 62.7 cm³/mol. The molecular weight excluding hydrogens is 257 g/mol. The van der Waals surface area contributed by atoms with E-state index in [1.807, 2.05) is 0 Å². The van der Waals surface area contributed by atoms with Gasteiger partial charge in [-0.2, -0.15) is 4.98 Å². The number of halogens is 1. The SMILES string of the molecule is C#Cc1cn([C@@H]2O[C@H](CO)[C@@H](O)[C@H]2F)c(=O)nc1N. The van der Waals surface area contributed by atoms with Gasteiger partial charge in [0.2, 0.25) is 0 Å². The highest BCUT2D eigenvalue weighted by Crippen LogP contribution is 2.30. The van der Waals surface area contributed by atoms with Crippen molar-refractivity contribution in [2.75, 3.05) is 12.3 Å². The van der Waals surface area contributed by atoms with Crippen molar-refractivity contribution in [2.24, 2.45) is 0 Å². The number of terminal acetylenes is 1. The maximum absolute atomic E-state index is 13.9. The molecule has 7 nitrogen and oxygen atoms in total. The van der Waals surface area contributed by atoms with E-state index < -0.39 is 36.9 Å². The number of aliphatic hydroxyl groups is 2. The second-order valence-corrected chi connectivity index (χ2v) is 4.06. The van der Waals surface area contributed by atoms with Crippen molar-refractivity contribution in [2.45, 2.75) is 24.6 Å². The van der Waals surface area contributed by atoms with Gasteiger partial charge in [-0.25, -0.2) is 9.18 Å². The van der Waals surface area contributed by atoms with E-state index in [0.717, 1.165) is 10.8 Å². The minimum absolute atomic E-state index is 0.109. The second-order valence-electron chi connectivity index (χ2n) is 4.06. The van der Waals surface area contributed by atoms with Crippen LogP contribution in [0.5, 0.6) is 0 Å². The molecule has 0 amide bonds. The quantitative estimate of drug-likeness (QED) is 0.557. The van der Waals surface area contributed by atoms with Gasteiger partial charge in [0, 0.05) is 6.20 Å². The van der Waals surface area contributed by atoms with Gasteiger partial charge in [-0.3, -0.25) is 4.57 Å². The van der Waals surface area contributed by atoms with Crippen LogP contribution in [0.15, 0.2) is 11.0 Å². The van der Waals surface area contributed by atoms with Gasteiger partial charge < -0.3 is 20.7 Å². The number of alkyl halides is 1. The zero-order valence-electron chi connectivity index (χ0n) is 9.73. The molecule has 2 heterocycles. The number of ether oxygens (including phenoxy) is 1. The van der Waals surface area contributed by atoms with Crippen LogP contribution in [0, 0.1) is 12.3 Å². The standard InChI is InChI=1S/C11H12FN3O4/c1-2-5-3-15(11(18)14-9(5)13)10-7(12)8(17)6(4-16)19-10/h1,3,6-8,10,16-17H,4H2,(H2,13,14,18)/t6-,7-,8-,10-/m1/s1. The molecule has 0 spiro atoms. The number of hydrogen-bond acceptors (Lipinski definition) is 6. The molecule has 0 radical (unpaired) electrons. The first kappa shape index (κ1) is 13.5. The maximum atomic E-state index is 13.9. The average Bonchev–Trinajstić information content (AvgIpc) is 2.67. The highest BCUT2D eigenvalue weighted by molar-refractivity contribution is 5.47. The van der Waals surface area contributed by atoms with Gasteiger partial charge in [-0.15, -0.1) is 6.42 Å². The van der Waals surface area contributed by atoms with E-state index in [4.69, 9.17) is 22.0 Å². The fourth-order valence-corrected chi connectivity index (χ4v) is 1.85. The van der Waals surface area contributed by atoms with Crippen LogP contribution in [-0.4, -0.2) is 44.8 Å². The normalized spacial score (nSPS) is 30.2. The average molecular weight is 269 g/mol. The van der Waals surface area contributed by atoms with Crippen LogP contribution in [-0.2, 0) is 4.74 Å². The van der Waals surface area contributed by atoms with Crippen LogP contribution in [0.2, 0.25) is 0 Å². The summed E-state index contributed by atoms with van der Waals surface area (Å²) in [6.45, 7) is -0.572. The summed E-state index contributed by atoms with van der Waals surface area (Å²) in [6.07, 6.45) is 0.376. The fourth-order valence-electron chi connectivity index (χ4n) is 1.85. The molecule has 19 heavy (non-hydrogen) atoms. The molecule has 0 unspecified atom stereocenters. The zero-order chi connectivity index (χ0) is 14.2. The maximum Gasteiger partial charge on any atom is 0.351 e. The summed E-state index contributed by atoms with van der Waals surface area (Å²) in [7, 11) is 0. The van der Waals surface area contributed by atoms with E-state index in [-0.39, 0.29) is 11.4 Å². The van der Waals surface area contributed by atoms with Gasteiger partial charge in [0.1, 0.15) is 18.0 Å². The van der Waals surface area contributed by atoms with E-state index in [2.05, 4.69) is 10.9 Å². The van der Waals surface area contributed by atoms with Crippen LogP contribution in [0.25, 0.3) is 0 Å². The lowest BCUT2D eigenvalue weighted by Gasteiger charge is -2.16. The molecule has 102 valence electrons. The molecule has 1 aliphatic heterocycles. The number of anilines is 1. The van der Waals surface area contributed by atoms with E-state index >= 15 is 0 Å². The molecule has 8 heteroatoms. The molecular formula is C11H12FN3O4. The molecule has 0 aromatic carbocycles. The van der Waals surface area contributed by atoms with E-state index in [1.165, 1.54) is 0 Å². The van der Waals surface area contributed by atoms with Crippen molar-refractivity contribution in [3.63, 3.8) is 0 Å². The highest BCUT2D eigenvalue weighted by atomic mass is 19.1. The van der Waals surface area contributed by atoms with Gasteiger partial charge in [-0.05, 0) is 0 Å². The molecule has 0 saturated carbocycles. The number of rotatable bonds is 2. The first-order valence-electron chi connectivity index (χ1n) is 5.43. The van der Waals surface area contributed by atoms with E-state index in [9.17, 15) is 14.3 Å². The molecule has 4 atom stereocenters. The van der Waals surface area contributed by atoms with Crippen LogP contribution in [0.1, 0.15) is 11.8 Å². The first-order valence-corrected chi connectivity index (χ1v) is 5.43. The molecule has 0 bridgehead atoms. The highest BCUT2D eigenvalue weighted by Gasteiger charge is 2.45. The largest absolute Gasteiger partial charge is 0.394 e. The van der Waals surface area contributed by atoms with Crippen LogP contribution in [0.4, 0.5) is 10.2 Å². The Morgan fingerprint density at radius 1 is 1.68 bits per heavy atom. The minimum atomic E-state index is -1.88. The summed E-state index contributed by atoms with van der Waals surface area (Å²) < 4.78 is 19.8. The Hall–Kier alpha value is -1.95. The number of hydrogen-bond donors (Lipinski definition) is 3. The molecule has 1 saturated heterocycles. The van der Waals surface area contributed by atoms with Gasteiger partial charge in [-0.1, -0.05) is 5.92 Å². The van der Waals surface area contributed by atoms with Gasteiger partial charge >= 0.3 is 5.69 Å². The van der Waals surface area contributed by atoms with Crippen molar-refractivity contribution >= 4 is 5.82 Å². The number of aromatic nitrogens is 2. The Balaban J connectivity index is 2.44. The monoisotopic (exact) mass is 269 g/mol. The number of nitrogen functional groups attached to an aromatic ring is 1. The zero-order valence-corrected chi connectivity index (χ0v) is 9.73. The Kier molecular flexibility index (Phi) is 3.53. The Morgan fingerprint density at radius 2 is 2.37 bits per heavy atom. The summed E-state index contributed by atoms with van der Waals surface area (Å²) >= 11 is 0. The molecule has 2 rings (SSSR count). The lowest BCUT2D eigenvalue weighted by molar-refractivity contribution is -0.0491. The van der Waals surface area contributed by atoms with Crippen LogP contribution in [0.3, 0.4) is 0 Å². The van der Waals surface area contributed by atoms with E-state index in [1.54, 1.807) is 0 Å². The van der Waals surface area contributed by atoms with Crippen LogP contribution < -0.4 is 11.4 Å². The third kappa shape index (κ3) is 2.19. The Labute approximate surface area is 107 Å². The van der Waals surface area contributed by atoms with Crippen molar-refractivity contribution < 1.29 is 19.3 Å². The molecule has 4 N–H and O–H groups in total. The lowest BCUT2D eigenvalue weighted by Crippen LogP contribution is -2.34. The summed E-state index contributed by atoms with van der Waals surface area (Å²) in [4.78, 5) is 15.1. The molecule has 1 aromatic rings. The topological polar surface area (TPSA) is 111 Å². The number of aliphatic hydroxyl groups excluding tert-OH is 2.